The number of rotatable bonds is 0. The molecule has 0 aliphatic carbocycles. The van der Waals surface area contributed by atoms with Crippen molar-refractivity contribution in [2.24, 2.45) is 0 Å². The van der Waals surface area contributed by atoms with Gasteiger partial charge in [0.2, 0.25) is 5.79 Å². The molecule has 15 heavy (non-hydrogen) atoms. The molecule has 4 atom stereocenters. The van der Waals surface area contributed by atoms with E-state index in [1.807, 2.05) is 0 Å². The Morgan fingerprint density at radius 3 is 2.33 bits per heavy atom. The van der Waals surface area contributed by atoms with E-state index in [1.54, 1.807) is 13.8 Å². The summed E-state index contributed by atoms with van der Waals surface area (Å²) in [5.41, 5.74) is 0. The normalized spacial score (nSPS) is 49.8. The van der Waals surface area contributed by atoms with Gasteiger partial charge in [-0.15, -0.1) is 0 Å². The third-order valence-corrected chi connectivity index (χ3v) is 2.71. The van der Waals surface area contributed by atoms with Gasteiger partial charge in [-0.05, 0) is 13.8 Å². The van der Waals surface area contributed by atoms with Gasteiger partial charge < -0.3 is 29.5 Å². The molecule has 2 heterocycles. The van der Waals surface area contributed by atoms with E-state index in [0.29, 0.717) is 0 Å². The summed E-state index contributed by atoms with van der Waals surface area (Å²) in [6.07, 6.45) is -3.70. The lowest BCUT2D eigenvalue weighted by molar-refractivity contribution is -0.337. The summed E-state index contributed by atoms with van der Waals surface area (Å²) in [4.78, 5) is 0. The number of hydrogen-bond donors (Lipinski definition) is 3. The Hall–Kier alpha value is -0.240. The minimum Gasteiger partial charge on any atom is -0.388 e. The largest absolute Gasteiger partial charge is 0.388 e. The predicted octanol–water partition coefficient (Wildman–Crippen LogP) is -1.42. The van der Waals surface area contributed by atoms with E-state index in [9.17, 15) is 15.3 Å². The Balaban J connectivity index is 2.16. The second-order valence-electron chi connectivity index (χ2n) is 4.42. The quantitative estimate of drug-likeness (QED) is 0.464. The summed E-state index contributed by atoms with van der Waals surface area (Å²) < 4.78 is 16.0. The SMILES string of the molecule is CC1(C)OCC2(OC[C@H](O)[C@@H](O)[C@@H]2O)O1. The van der Waals surface area contributed by atoms with Crippen molar-refractivity contribution in [2.45, 2.75) is 43.7 Å². The molecule has 0 radical (unpaired) electrons. The van der Waals surface area contributed by atoms with E-state index < -0.39 is 29.9 Å². The van der Waals surface area contributed by atoms with Crippen LogP contribution in [0.3, 0.4) is 0 Å². The molecule has 2 aliphatic heterocycles. The van der Waals surface area contributed by atoms with E-state index in [1.165, 1.54) is 0 Å². The van der Waals surface area contributed by atoms with Crippen LogP contribution in [0.2, 0.25) is 0 Å². The predicted molar refractivity (Wildman–Crippen MR) is 47.8 cm³/mol. The van der Waals surface area contributed by atoms with Crippen molar-refractivity contribution in [1.29, 1.82) is 0 Å². The fourth-order valence-electron chi connectivity index (χ4n) is 1.85. The van der Waals surface area contributed by atoms with Crippen LogP contribution in [0.5, 0.6) is 0 Å². The Morgan fingerprint density at radius 2 is 1.80 bits per heavy atom. The van der Waals surface area contributed by atoms with Crippen LogP contribution in [0.15, 0.2) is 0 Å². The Labute approximate surface area is 87.4 Å². The summed E-state index contributed by atoms with van der Waals surface area (Å²) in [6, 6.07) is 0. The Bertz CT molecular complexity index is 255. The van der Waals surface area contributed by atoms with Crippen LogP contribution >= 0.6 is 0 Å². The highest BCUT2D eigenvalue weighted by Crippen LogP contribution is 2.38. The molecule has 6 nitrogen and oxygen atoms in total. The van der Waals surface area contributed by atoms with Crippen LogP contribution in [0.1, 0.15) is 13.8 Å². The first kappa shape index (κ1) is 11.3. The van der Waals surface area contributed by atoms with Gasteiger partial charge in [0, 0.05) is 0 Å². The van der Waals surface area contributed by atoms with Gasteiger partial charge in [-0.2, -0.15) is 0 Å². The summed E-state index contributed by atoms with van der Waals surface area (Å²) in [7, 11) is 0. The van der Waals surface area contributed by atoms with Crippen LogP contribution < -0.4 is 0 Å². The van der Waals surface area contributed by atoms with E-state index >= 15 is 0 Å². The van der Waals surface area contributed by atoms with Gasteiger partial charge in [-0.1, -0.05) is 0 Å². The third-order valence-electron chi connectivity index (χ3n) is 2.71. The average molecular weight is 220 g/mol. The van der Waals surface area contributed by atoms with E-state index in [0.717, 1.165) is 0 Å². The molecule has 1 unspecified atom stereocenters. The highest BCUT2D eigenvalue weighted by Gasteiger charge is 2.57. The van der Waals surface area contributed by atoms with Crippen LogP contribution in [-0.4, -0.2) is 58.4 Å². The maximum Gasteiger partial charge on any atom is 0.224 e. The zero-order chi connectivity index (χ0) is 11.3. The molecule has 0 aromatic carbocycles. The minimum absolute atomic E-state index is 0.0327. The van der Waals surface area contributed by atoms with Crippen LogP contribution in [0, 0.1) is 0 Å². The standard InChI is InChI=1S/C9H16O6/c1-8(2)14-4-9(15-8)7(12)6(11)5(10)3-13-9/h5-7,10-12H,3-4H2,1-2H3/t5-,6+,7-,9?/m0/s1. The van der Waals surface area contributed by atoms with Crippen molar-refractivity contribution in [1.82, 2.24) is 0 Å². The fraction of sp³-hybridized carbons (Fsp3) is 1.00. The first-order valence-electron chi connectivity index (χ1n) is 4.89. The zero-order valence-electron chi connectivity index (χ0n) is 8.71. The second-order valence-corrected chi connectivity index (χ2v) is 4.42. The molecule has 88 valence electrons. The van der Waals surface area contributed by atoms with E-state index in [2.05, 4.69) is 0 Å². The van der Waals surface area contributed by atoms with Crippen molar-refractivity contribution in [3.8, 4) is 0 Å². The summed E-state index contributed by atoms with van der Waals surface area (Å²) >= 11 is 0. The van der Waals surface area contributed by atoms with Gasteiger partial charge in [0.25, 0.3) is 0 Å². The molecule has 6 heteroatoms. The zero-order valence-corrected chi connectivity index (χ0v) is 8.71. The number of ether oxygens (including phenoxy) is 3. The number of hydrogen-bond acceptors (Lipinski definition) is 6. The highest BCUT2D eigenvalue weighted by molar-refractivity contribution is 4.96. The van der Waals surface area contributed by atoms with Crippen LogP contribution in [0.4, 0.5) is 0 Å². The summed E-state index contributed by atoms with van der Waals surface area (Å²) in [6.45, 7) is 3.33. The van der Waals surface area contributed by atoms with E-state index in [-0.39, 0.29) is 13.2 Å². The van der Waals surface area contributed by atoms with Gasteiger partial charge >= 0.3 is 0 Å². The fourth-order valence-corrected chi connectivity index (χ4v) is 1.85. The monoisotopic (exact) mass is 220 g/mol. The molecule has 0 saturated carbocycles. The summed E-state index contributed by atoms with van der Waals surface area (Å²) in [5.74, 6) is -2.22. The van der Waals surface area contributed by atoms with Crippen molar-refractivity contribution in [3.05, 3.63) is 0 Å². The molecule has 0 aromatic heterocycles. The van der Waals surface area contributed by atoms with Gasteiger partial charge in [0.05, 0.1) is 6.61 Å². The molecular formula is C9H16O6. The first-order chi connectivity index (χ1) is 6.86. The first-order valence-corrected chi connectivity index (χ1v) is 4.89. The molecule has 0 amide bonds. The molecule has 2 fully saturated rings. The Kier molecular flexibility index (Phi) is 2.53. The maximum atomic E-state index is 9.79. The molecule has 0 bridgehead atoms. The van der Waals surface area contributed by atoms with Crippen LogP contribution in [-0.2, 0) is 14.2 Å². The molecule has 0 aromatic rings. The lowest BCUT2D eigenvalue weighted by Crippen LogP contribution is -2.62. The molecule has 2 rings (SSSR count). The van der Waals surface area contributed by atoms with Crippen molar-refractivity contribution in [2.75, 3.05) is 13.2 Å². The number of aliphatic hydroxyl groups is 3. The van der Waals surface area contributed by atoms with Gasteiger partial charge in [-0.25, -0.2) is 0 Å². The van der Waals surface area contributed by atoms with Gasteiger partial charge in [-0.3, -0.25) is 0 Å². The average Bonchev–Trinajstić information content (AvgIpc) is 2.47. The highest BCUT2D eigenvalue weighted by atomic mass is 16.8. The Morgan fingerprint density at radius 1 is 1.13 bits per heavy atom. The second kappa shape index (κ2) is 3.38. The molecule has 1 spiro atoms. The topological polar surface area (TPSA) is 88.4 Å². The van der Waals surface area contributed by atoms with E-state index in [4.69, 9.17) is 14.2 Å². The van der Waals surface area contributed by atoms with Gasteiger partial charge in [0.15, 0.2) is 5.79 Å². The van der Waals surface area contributed by atoms with Crippen molar-refractivity contribution >= 4 is 0 Å². The summed E-state index contributed by atoms with van der Waals surface area (Å²) in [5, 5.41) is 28.6. The maximum absolute atomic E-state index is 9.79. The van der Waals surface area contributed by atoms with Crippen molar-refractivity contribution in [3.63, 3.8) is 0 Å². The number of aliphatic hydroxyl groups excluding tert-OH is 3. The van der Waals surface area contributed by atoms with Crippen LogP contribution in [0.25, 0.3) is 0 Å². The molecule has 3 N–H and O–H groups in total. The van der Waals surface area contributed by atoms with Crippen molar-refractivity contribution < 1.29 is 29.5 Å². The lowest BCUT2D eigenvalue weighted by atomic mass is 9.97. The third kappa shape index (κ3) is 1.77. The smallest absolute Gasteiger partial charge is 0.224 e. The lowest BCUT2D eigenvalue weighted by Gasteiger charge is -2.41. The molecular weight excluding hydrogens is 204 g/mol. The van der Waals surface area contributed by atoms with Gasteiger partial charge in [0.1, 0.15) is 24.9 Å². The molecule has 2 aliphatic rings. The molecule has 2 saturated heterocycles. The minimum atomic E-state index is -1.36.